The van der Waals surface area contributed by atoms with Gasteiger partial charge in [0.1, 0.15) is 0 Å². The van der Waals surface area contributed by atoms with E-state index in [1.54, 1.807) is 6.07 Å². The molecule has 2 N–H and O–H groups in total. The van der Waals surface area contributed by atoms with Crippen LogP contribution in [0.2, 0.25) is 0 Å². The number of anilines is 1. The average Bonchev–Trinajstić information content (AvgIpc) is 3.14. The lowest BCUT2D eigenvalue weighted by Gasteiger charge is -2.25. The fourth-order valence-corrected chi connectivity index (χ4v) is 2.06. The van der Waals surface area contributed by atoms with Crippen molar-refractivity contribution in [2.24, 2.45) is 5.92 Å². The molecule has 1 aromatic rings. The molecule has 0 aromatic heterocycles. The van der Waals surface area contributed by atoms with E-state index in [2.05, 4.69) is 6.92 Å². The number of hydrogen-bond donors (Lipinski definition) is 1. The van der Waals surface area contributed by atoms with E-state index in [1.807, 2.05) is 31.0 Å². The number of carbonyl (C=O) groups is 1. The second-order valence-corrected chi connectivity index (χ2v) is 5.07. The maximum atomic E-state index is 12.3. The lowest BCUT2D eigenvalue weighted by atomic mass is 10.1. The van der Waals surface area contributed by atoms with E-state index in [0.717, 1.165) is 5.56 Å². The molecule has 0 bridgehead atoms. The minimum absolute atomic E-state index is 0.0658. The number of aryl methyl sites for hydroxylation is 1. The van der Waals surface area contributed by atoms with Crippen LogP contribution in [0.15, 0.2) is 18.2 Å². The molecular formula is C14H20N2O. The van der Waals surface area contributed by atoms with Crippen molar-refractivity contribution < 1.29 is 4.79 Å². The molecule has 0 saturated heterocycles. The van der Waals surface area contributed by atoms with Crippen LogP contribution in [0.4, 0.5) is 5.69 Å². The number of carbonyl (C=O) groups excluding carboxylic acids is 1. The molecule has 17 heavy (non-hydrogen) atoms. The first kappa shape index (κ1) is 12.0. The normalized spacial score (nSPS) is 16.6. The van der Waals surface area contributed by atoms with Crippen molar-refractivity contribution in [3.05, 3.63) is 29.3 Å². The van der Waals surface area contributed by atoms with E-state index in [4.69, 9.17) is 5.73 Å². The molecule has 3 nitrogen and oxygen atoms in total. The minimum Gasteiger partial charge on any atom is -0.398 e. The van der Waals surface area contributed by atoms with Gasteiger partial charge in [-0.05, 0) is 50.3 Å². The van der Waals surface area contributed by atoms with Crippen LogP contribution in [0.5, 0.6) is 0 Å². The van der Waals surface area contributed by atoms with Crippen molar-refractivity contribution in [3.8, 4) is 0 Å². The number of rotatable bonds is 3. The molecule has 1 amide bonds. The number of hydrogen-bond acceptors (Lipinski definition) is 2. The van der Waals surface area contributed by atoms with Crippen molar-refractivity contribution in [2.75, 3.05) is 12.8 Å². The molecule has 0 spiro atoms. The summed E-state index contributed by atoms with van der Waals surface area (Å²) >= 11 is 0. The Kier molecular flexibility index (Phi) is 3.09. The van der Waals surface area contributed by atoms with E-state index in [9.17, 15) is 4.79 Å². The predicted molar refractivity (Wildman–Crippen MR) is 69.9 cm³/mol. The van der Waals surface area contributed by atoms with Crippen molar-refractivity contribution >= 4 is 11.6 Å². The zero-order chi connectivity index (χ0) is 12.6. The fourth-order valence-electron chi connectivity index (χ4n) is 2.06. The van der Waals surface area contributed by atoms with Crippen LogP contribution >= 0.6 is 0 Å². The van der Waals surface area contributed by atoms with Gasteiger partial charge in [0.25, 0.3) is 5.91 Å². The van der Waals surface area contributed by atoms with Crippen molar-refractivity contribution in [3.63, 3.8) is 0 Å². The highest BCUT2D eigenvalue weighted by Crippen LogP contribution is 2.35. The highest BCUT2D eigenvalue weighted by molar-refractivity contribution is 5.95. The highest BCUT2D eigenvalue weighted by atomic mass is 16.2. The molecule has 1 fully saturated rings. The van der Waals surface area contributed by atoms with Gasteiger partial charge in [-0.3, -0.25) is 4.79 Å². The minimum atomic E-state index is 0.0658. The van der Waals surface area contributed by atoms with Crippen molar-refractivity contribution in [1.29, 1.82) is 0 Å². The predicted octanol–water partition coefficient (Wildman–Crippen LogP) is 2.45. The summed E-state index contributed by atoms with van der Waals surface area (Å²) in [6, 6.07) is 5.85. The summed E-state index contributed by atoms with van der Waals surface area (Å²) in [6.45, 7) is 4.06. The summed E-state index contributed by atoms with van der Waals surface area (Å²) in [5.74, 6) is 0.753. The first-order valence-corrected chi connectivity index (χ1v) is 6.14. The van der Waals surface area contributed by atoms with Crippen LogP contribution in [-0.2, 0) is 0 Å². The van der Waals surface area contributed by atoms with Crippen molar-refractivity contribution in [1.82, 2.24) is 4.90 Å². The van der Waals surface area contributed by atoms with Crippen LogP contribution in [-0.4, -0.2) is 23.9 Å². The Morgan fingerprint density at radius 2 is 2.12 bits per heavy atom. The Hall–Kier alpha value is -1.51. The molecule has 0 radical (unpaired) electrons. The van der Waals surface area contributed by atoms with E-state index >= 15 is 0 Å². The summed E-state index contributed by atoms with van der Waals surface area (Å²) in [5.41, 5.74) is 8.22. The molecule has 1 aromatic carbocycles. The standard InChI is InChI=1S/C14H20N2O/c1-9-4-5-12(8-13(9)15)14(17)16(3)10(2)11-6-7-11/h4-5,8,10-11H,6-7,15H2,1-3H3. The summed E-state index contributed by atoms with van der Waals surface area (Å²) < 4.78 is 0. The van der Waals surface area contributed by atoms with E-state index in [1.165, 1.54) is 12.8 Å². The van der Waals surface area contributed by atoms with E-state index < -0.39 is 0 Å². The Balaban J connectivity index is 2.15. The summed E-state index contributed by atoms with van der Waals surface area (Å²) in [5, 5.41) is 0. The Morgan fingerprint density at radius 3 is 2.65 bits per heavy atom. The van der Waals surface area contributed by atoms with Crippen LogP contribution in [0.1, 0.15) is 35.7 Å². The molecule has 1 aliphatic carbocycles. The van der Waals surface area contributed by atoms with Gasteiger partial charge in [-0.2, -0.15) is 0 Å². The lowest BCUT2D eigenvalue weighted by Crippen LogP contribution is -2.36. The van der Waals surface area contributed by atoms with Gasteiger partial charge in [0.2, 0.25) is 0 Å². The first-order valence-electron chi connectivity index (χ1n) is 6.14. The van der Waals surface area contributed by atoms with Gasteiger partial charge < -0.3 is 10.6 Å². The van der Waals surface area contributed by atoms with Gasteiger partial charge in [0.15, 0.2) is 0 Å². The number of benzene rings is 1. The molecule has 1 aliphatic rings. The molecule has 2 rings (SSSR count). The quantitative estimate of drug-likeness (QED) is 0.814. The second-order valence-electron chi connectivity index (χ2n) is 5.07. The summed E-state index contributed by atoms with van der Waals surface area (Å²) in [4.78, 5) is 14.1. The maximum absolute atomic E-state index is 12.3. The molecule has 1 saturated carbocycles. The smallest absolute Gasteiger partial charge is 0.253 e. The van der Waals surface area contributed by atoms with E-state index in [0.29, 0.717) is 23.2 Å². The maximum Gasteiger partial charge on any atom is 0.253 e. The molecule has 1 unspecified atom stereocenters. The molecule has 3 heteroatoms. The van der Waals surface area contributed by atoms with Gasteiger partial charge in [-0.1, -0.05) is 6.07 Å². The monoisotopic (exact) mass is 232 g/mol. The Bertz CT molecular complexity index is 438. The molecule has 0 aliphatic heterocycles. The van der Waals surface area contributed by atoms with E-state index in [-0.39, 0.29) is 5.91 Å². The lowest BCUT2D eigenvalue weighted by molar-refractivity contribution is 0.0727. The van der Waals surface area contributed by atoms with Crippen LogP contribution in [0, 0.1) is 12.8 Å². The molecule has 1 atom stereocenters. The SMILES string of the molecule is Cc1ccc(C(=O)N(C)C(C)C2CC2)cc1N. The number of amides is 1. The molecule has 0 heterocycles. The van der Waals surface area contributed by atoms with Gasteiger partial charge in [-0.25, -0.2) is 0 Å². The van der Waals surface area contributed by atoms with Gasteiger partial charge in [-0.15, -0.1) is 0 Å². The largest absolute Gasteiger partial charge is 0.398 e. The van der Waals surface area contributed by atoms with Crippen molar-refractivity contribution in [2.45, 2.75) is 32.7 Å². The average molecular weight is 232 g/mol. The third-order valence-corrected chi connectivity index (χ3v) is 3.76. The fraction of sp³-hybridized carbons (Fsp3) is 0.500. The van der Waals surface area contributed by atoms with Gasteiger partial charge in [0.05, 0.1) is 0 Å². The third kappa shape index (κ3) is 2.43. The highest BCUT2D eigenvalue weighted by Gasteiger charge is 2.32. The zero-order valence-corrected chi connectivity index (χ0v) is 10.7. The first-order chi connectivity index (χ1) is 8.00. The molecule has 92 valence electrons. The number of nitrogen functional groups attached to an aromatic ring is 1. The summed E-state index contributed by atoms with van der Waals surface area (Å²) in [7, 11) is 1.88. The summed E-state index contributed by atoms with van der Waals surface area (Å²) in [6.07, 6.45) is 2.49. The van der Waals surface area contributed by atoms with Crippen LogP contribution in [0.3, 0.4) is 0 Å². The zero-order valence-electron chi connectivity index (χ0n) is 10.7. The second kappa shape index (κ2) is 4.40. The van der Waals surface area contributed by atoms with Crippen LogP contribution in [0.25, 0.3) is 0 Å². The topological polar surface area (TPSA) is 46.3 Å². The molecular weight excluding hydrogens is 212 g/mol. The Labute approximate surface area is 103 Å². The van der Waals surface area contributed by atoms with Gasteiger partial charge >= 0.3 is 0 Å². The third-order valence-electron chi connectivity index (χ3n) is 3.76. The van der Waals surface area contributed by atoms with Gasteiger partial charge in [0, 0.05) is 24.3 Å². The number of nitrogens with two attached hydrogens (primary N) is 1. The number of nitrogens with zero attached hydrogens (tertiary/aromatic N) is 1. The Morgan fingerprint density at radius 1 is 1.47 bits per heavy atom. The van der Waals surface area contributed by atoms with Crippen LogP contribution < -0.4 is 5.73 Å².